The van der Waals surface area contributed by atoms with Gasteiger partial charge in [-0.15, -0.1) is 0 Å². The number of hydrogen-bond acceptors (Lipinski definition) is 17. The first-order valence-electron chi connectivity index (χ1n) is 13.0. The van der Waals surface area contributed by atoms with Crippen molar-refractivity contribution in [3.63, 3.8) is 0 Å². The van der Waals surface area contributed by atoms with Crippen molar-refractivity contribution in [2.45, 2.75) is 66.7 Å². The maximum atomic E-state index is 11.1. The van der Waals surface area contributed by atoms with Crippen molar-refractivity contribution in [1.82, 2.24) is 0 Å². The molecule has 0 aliphatic carbocycles. The van der Waals surface area contributed by atoms with Crippen molar-refractivity contribution < 1.29 is 83.5 Å². The Labute approximate surface area is 240 Å². The number of aliphatic hydroxyl groups excluding tert-OH is 6. The zero-order valence-corrected chi connectivity index (χ0v) is 23.1. The third-order valence-corrected chi connectivity index (χ3v) is 7.41. The van der Waals surface area contributed by atoms with E-state index in [0.29, 0.717) is 0 Å². The molecule has 1 aromatic rings. The predicted molar refractivity (Wildman–Crippen MR) is 134 cm³/mol. The lowest BCUT2D eigenvalue weighted by atomic mass is 9.98. The zero-order chi connectivity index (χ0) is 30.8. The molecule has 0 bridgehead atoms. The first-order valence-corrected chi connectivity index (χ1v) is 13.0. The molecule has 0 spiro atoms. The van der Waals surface area contributed by atoms with Gasteiger partial charge in [-0.25, -0.2) is 0 Å². The van der Waals surface area contributed by atoms with Crippen molar-refractivity contribution in [2.24, 2.45) is 0 Å². The van der Waals surface area contributed by atoms with Crippen LogP contribution < -0.4 is 18.9 Å². The number of benzene rings is 1. The van der Waals surface area contributed by atoms with Gasteiger partial charge in [0.15, 0.2) is 30.2 Å². The molecule has 3 heterocycles. The second-order valence-electron chi connectivity index (χ2n) is 10.2. The van der Waals surface area contributed by atoms with Crippen LogP contribution in [0.2, 0.25) is 0 Å². The van der Waals surface area contributed by atoms with Crippen molar-refractivity contribution >= 4 is 0 Å². The van der Waals surface area contributed by atoms with Crippen LogP contribution in [0.4, 0.5) is 0 Å². The van der Waals surface area contributed by atoms with Crippen molar-refractivity contribution in [3.05, 3.63) is 12.1 Å². The summed E-state index contributed by atoms with van der Waals surface area (Å²) in [7, 11) is 4.18. The molecule has 0 radical (unpaired) electrons. The number of ether oxygens (including phenoxy) is 9. The summed E-state index contributed by atoms with van der Waals surface area (Å²) < 4.78 is 49.5. The van der Waals surface area contributed by atoms with Gasteiger partial charge in [0.2, 0.25) is 12.0 Å². The highest BCUT2D eigenvalue weighted by atomic mass is 16.8. The fraction of sp³-hybridized carbons (Fsp3) is 0.760. The molecular formula is C25H38O17. The van der Waals surface area contributed by atoms with E-state index in [9.17, 15) is 40.9 Å². The van der Waals surface area contributed by atoms with Gasteiger partial charge < -0.3 is 83.5 Å². The van der Waals surface area contributed by atoms with E-state index >= 15 is 0 Å². The fourth-order valence-corrected chi connectivity index (χ4v) is 4.73. The summed E-state index contributed by atoms with van der Waals surface area (Å²) >= 11 is 0. The Hall–Kier alpha value is -2.10. The van der Waals surface area contributed by atoms with Gasteiger partial charge in [-0.1, -0.05) is 0 Å². The van der Waals surface area contributed by atoms with E-state index < -0.39 is 99.7 Å². The van der Waals surface area contributed by atoms with Crippen LogP contribution in [0.3, 0.4) is 0 Å². The molecule has 3 aliphatic heterocycles. The largest absolute Gasteiger partial charge is 0.493 e. The van der Waals surface area contributed by atoms with E-state index in [1.54, 1.807) is 0 Å². The second kappa shape index (κ2) is 13.3. The zero-order valence-electron chi connectivity index (χ0n) is 23.1. The van der Waals surface area contributed by atoms with Gasteiger partial charge in [-0.05, 0) is 0 Å². The van der Waals surface area contributed by atoms with Crippen LogP contribution in [0.15, 0.2) is 12.1 Å². The van der Waals surface area contributed by atoms with Gasteiger partial charge >= 0.3 is 0 Å². The summed E-state index contributed by atoms with van der Waals surface area (Å²) in [6.07, 6.45) is -14.2. The van der Waals surface area contributed by atoms with Gasteiger partial charge in [-0.3, -0.25) is 0 Å². The molecule has 17 heteroatoms. The number of rotatable bonds is 12. The molecular weight excluding hydrogens is 572 g/mol. The maximum Gasteiger partial charge on any atom is 0.229 e. The number of methoxy groups -OCH3 is 3. The van der Waals surface area contributed by atoms with Crippen LogP contribution in [0.25, 0.3) is 0 Å². The highest BCUT2D eigenvalue weighted by Gasteiger charge is 2.54. The van der Waals surface area contributed by atoms with E-state index in [1.165, 1.54) is 33.5 Å². The van der Waals surface area contributed by atoms with Crippen LogP contribution >= 0.6 is 0 Å². The second-order valence-corrected chi connectivity index (χ2v) is 10.2. The molecule has 1 aromatic carbocycles. The first kappa shape index (κ1) is 32.8. The summed E-state index contributed by atoms with van der Waals surface area (Å²) in [5, 5.41) is 82.0. The summed E-state index contributed by atoms with van der Waals surface area (Å²) in [5.74, 6) is 0.766. The highest BCUT2D eigenvalue weighted by Crippen LogP contribution is 2.42. The highest BCUT2D eigenvalue weighted by molar-refractivity contribution is 5.55. The Kier molecular flexibility index (Phi) is 10.4. The molecule has 17 nitrogen and oxygen atoms in total. The molecule has 42 heavy (non-hydrogen) atoms. The first-order chi connectivity index (χ1) is 19.9. The average Bonchev–Trinajstić information content (AvgIpc) is 3.45. The Morgan fingerprint density at radius 2 is 1.33 bits per heavy atom. The topological polar surface area (TPSA) is 245 Å². The molecule has 3 saturated heterocycles. The quantitative estimate of drug-likeness (QED) is 0.112. The lowest BCUT2D eigenvalue weighted by molar-refractivity contribution is -0.324. The minimum absolute atomic E-state index is 0.0775. The standard InChI is InChI=1S/C25H38O17/c1-34-12-4-11(5-13(35-2)17(12)36-3)40-21-18(42-23-20(31)25(33,8-27)10-39-23)16(29)15(28)14(41-21)6-37-22-19(30)24(32,7-26)9-38-22/h4-5,14-16,18-23,26-33H,6-10H2,1-3H3/t14-,15-,16+,18-,19+,20+,21-,22-,23+,24?,25?/m1/s1. The van der Waals surface area contributed by atoms with Gasteiger partial charge in [0, 0.05) is 12.1 Å². The molecule has 3 fully saturated rings. The molecule has 0 saturated carbocycles. The van der Waals surface area contributed by atoms with Gasteiger partial charge in [0.25, 0.3) is 0 Å². The third kappa shape index (κ3) is 6.25. The molecule has 11 atom stereocenters. The van der Waals surface area contributed by atoms with Crippen LogP contribution in [0.5, 0.6) is 23.0 Å². The fourth-order valence-electron chi connectivity index (χ4n) is 4.73. The van der Waals surface area contributed by atoms with Crippen molar-refractivity contribution in [2.75, 3.05) is 54.4 Å². The number of hydrogen-bond donors (Lipinski definition) is 8. The molecule has 240 valence electrons. The summed E-state index contributed by atoms with van der Waals surface area (Å²) in [6, 6.07) is 2.85. The van der Waals surface area contributed by atoms with Crippen molar-refractivity contribution in [1.29, 1.82) is 0 Å². The van der Waals surface area contributed by atoms with E-state index in [1.807, 2.05) is 0 Å². The normalized spacial score (nSPS) is 40.2. The molecule has 0 amide bonds. The third-order valence-electron chi connectivity index (χ3n) is 7.41. The van der Waals surface area contributed by atoms with Gasteiger partial charge in [-0.2, -0.15) is 0 Å². The van der Waals surface area contributed by atoms with Crippen LogP contribution in [-0.4, -0.2) is 162 Å². The van der Waals surface area contributed by atoms with Crippen LogP contribution in [0, 0.1) is 0 Å². The van der Waals surface area contributed by atoms with Crippen molar-refractivity contribution in [3.8, 4) is 23.0 Å². The Balaban J connectivity index is 1.57. The minimum Gasteiger partial charge on any atom is -0.493 e. The molecule has 8 N–H and O–H groups in total. The lowest BCUT2D eigenvalue weighted by Crippen LogP contribution is -2.62. The van der Waals surface area contributed by atoms with E-state index in [-0.39, 0.29) is 23.0 Å². The van der Waals surface area contributed by atoms with E-state index in [2.05, 4.69) is 0 Å². The smallest absolute Gasteiger partial charge is 0.229 e. The lowest BCUT2D eigenvalue weighted by Gasteiger charge is -2.43. The molecule has 2 unspecified atom stereocenters. The van der Waals surface area contributed by atoms with E-state index in [0.717, 1.165) is 0 Å². The Morgan fingerprint density at radius 3 is 1.83 bits per heavy atom. The number of aliphatic hydroxyl groups is 8. The van der Waals surface area contributed by atoms with Crippen LogP contribution in [0.1, 0.15) is 0 Å². The average molecular weight is 611 g/mol. The van der Waals surface area contributed by atoms with Gasteiger partial charge in [0.05, 0.1) is 54.4 Å². The summed E-state index contributed by atoms with van der Waals surface area (Å²) in [6.45, 7) is -3.03. The van der Waals surface area contributed by atoms with Gasteiger partial charge in [0.1, 0.15) is 47.5 Å². The predicted octanol–water partition coefficient (Wildman–Crippen LogP) is -4.18. The molecule has 0 aromatic heterocycles. The summed E-state index contributed by atoms with van der Waals surface area (Å²) in [5.41, 5.74) is -3.99. The monoisotopic (exact) mass is 610 g/mol. The van der Waals surface area contributed by atoms with Crippen LogP contribution in [-0.2, 0) is 23.7 Å². The maximum absolute atomic E-state index is 11.1. The summed E-state index contributed by atoms with van der Waals surface area (Å²) in [4.78, 5) is 0. The Morgan fingerprint density at radius 1 is 0.786 bits per heavy atom. The van der Waals surface area contributed by atoms with E-state index in [4.69, 9.17) is 42.6 Å². The minimum atomic E-state index is -2.04. The Bertz CT molecular complexity index is 1020. The molecule has 4 rings (SSSR count). The molecule has 3 aliphatic rings. The SMILES string of the molecule is COc1cc(O[C@@H]2O[C@H](CO[C@@H]3OCC(O)(CO)[C@H]3O)[C@@H](O)[C@H](O)[C@H]2O[C@@H]2OCC(O)(CO)[C@H]2O)cc(OC)c1OC.